The van der Waals surface area contributed by atoms with Gasteiger partial charge >= 0.3 is 0 Å². The first-order chi connectivity index (χ1) is 3.50. The van der Waals surface area contributed by atoms with Crippen molar-refractivity contribution in [1.29, 1.82) is 5.26 Å². The fraction of sp³-hybridized carbons (Fsp3) is 0.800. The van der Waals surface area contributed by atoms with Gasteiger partial charge in [-0.15, -0.1) is 11.7 Å². The quantitative estimate of drug-likeness (QED) is 0.431. The first-order valence-electron chi connectivity index (χ1n) is 2.34. The largest absolute Gasteiger partial charge is 0.197 e. The lowest BCUT2D eigenvalue weighted by Crippen LogP contribution is -2.12. The van der Waals surface area contributed by atoms with E-state index in [-0.39, 0.29) is 4.75 Å². The number of hydrogen-bond donors (Lipinski definition) is 2. The average Bonchev–Trinajstić information content (AvgIpc) is 1.67. The maximum Gasteiger partial charge on any atom is 0.0870 e. The van der Waals surface area contributed by atoms with Crippen LogP contribution < -0.4 is 0 Å². The monoisotopic (exact) mass is 149 g/mol. The minimum Gasteiger partial charge on any atom is -0.197 e. The number of hydrogen-bond acceptors (Lipinski definition) is 2. The van der Waals surface area contributed by atoms with E-state index >= 15 is 0 Å². The molecule has 0 aliphatic carbocycles. The molecule has 1 nitrogen and oxygen atoms in total. The molecular formula is C5H11NS2. The molecule has 0 fully saturated rings. The van der Waals surface area contributed by atoms with Crippen LogP contribution in [0.2, 0.25) is 0 Å². The summed E-state index contributed by atoms with van der Waals surface area (Å²) in [6, 6.07) is 2.19. The summed E-state index contributed by atoms with van der Waals surface area (Å²) in [5, 5.41) is 8.48. The van der Waals surface area contributed by atoms with Gasteiger partial charge in [0.05, 0.1) is 10.8 Å². The van der Waals surface area contributed by atoms with Crippen LogP contribution in [0.3, 0.4) is 0 Å². The zero-order valence-electron chi connectivity index (χ0n) is 5.34. The highest BCUT2D eigenvalue weighted by molar-refractivity contribution is 8.78. The highest BCUT2D eigenvalue weighted by Crippen LogP contribution is 2.40. The molecule has 0 amide bonds. The number of nitrogens with zero attached hydrogens (tertiary/aromatic N) is 1. The predicted molar refractivity (Wildman–Crippen MR) is 43.6 cm³/mol. The number of thiol groups is 2. The van der Waals surface area contributed by atoms with Crippen molar-refractivity contribution >= 4 is 21.6 Å². The van der Waals surface area contributed by atoms with Crippen molar-refractivity contribution in [3.8, 4) is 6.07 Å². The van der Waals surface area contributed by atoms with Crippen molar-refractivity contribution in [3.05, 3.63) is 0 Å². The molecule has 1 atom stereocenters. The summed E-state index contributed by atoms with van der Waals surface area (Å²) in [7, 11) is -0.410. The van der Waals surface area contributed by atoms with Crippen LogP contribution in [0, 0.1) is 11.3 Å². The summed E-state index contributed by atoms with van der Waals surface area (Å²) in [5.74, 6) is 0. The van der Waals surface area contributed by atoms with Crippen molar-refractivity contribution in [3.63, 3.8) is 0 Å². The minimum atomic E-state index is -0.410. The average molecular weight is 149 g/mol. The molecule has 48 valence electrons. The van der Waals surface area contributed by atoms with E-state index in [1.54, 1.807) is 0 Å². The predicted octanol–water partition coefficient (Wildman–Crippen LogP) is 1.76. The molecule has 0 aliphatic rings. The molecular weight excluding hydrogens is 138 g/mol. The Morgan fingerprint density at radius 2 is 2.00 bits per heavy atom. The van der Waals surface area contributed by atoms with Gasteiger partial charge in [-0.05, 0) is 20.1 Å². The van der Waals surface area contributed by atoms with Crippen LogP contribution in [-0.4, -0.2) is 11.0 Å². The van der Waals surface area contributed by atoms with E-state index in [0.29, 0.717) is 0 Å². The SMILES string of the molecule is C[SH](S)C(C)(C)C#N. The second-order valence-electron chi connectivity index (χ2n) is 2.19. The molecule has 1 unspecified atom stereocenters. The Kier molecular flexibility index (Phi) is 2.72. The van der Waals surface area contributed by atoms with Crippen molar-refractivity contribution < 1.29 is 0 Å². The number of rotatable bonds is 1. The van der Waals surface area contributed by atoms with Gasteiger partial charge in [0.1, 0.15) is 0 Å². The molecule has 0 saturated heterocycles. The van der Waals surface area contributed by atoms with E-state index in [4.69, 9.17) is 5.26 Å². The van der Waals surface area contributed by atoms with E-state index < -0.39 is 9.93 Å². The van der Waals surface area contributed by atoms with Crippen LogP contribution in [0.25, 0.3) is 0 Å². The van der Waals surface area contributed by atoms with Crippen LogP contribution in [-0.2, 0) is 0 Å². The van der Waals surface area contributed by atoms with E-state index in [0.717, 1.165) is 0 Å². The van der Waals surface area contributed by atoms with Gasteiger partial charge in [0.2, 0.25) is 0 Å². The molecule has 0 heterocycles. The first kappa shape index (κ1) is 8.19. The summed E-state index contributed by atoms with van der Waals surface area (Å²) < 4.78 is -0.224. The zero-order valence-corrected chi connectivity index (χ0v) is 7.13. The van der Waals surface area contributed by atoms with Gasteiger partial charge in [0.15, 0.2) is 0 Å². The van der Waals surface area contributed by atoms with Crippen molar-refractivity contribution in [1.82, 2.24) is 0 Å². The zero-order chi connectivity index (χ0) is 6.78. The molecule has 0 spiro atoms. The summed E-state index contributed by atoms with van der Waals surface area (Å²) in [5.41, 5.74) is 0. The lowest BCUT2D eigenvalue weighted by Gasteiger charge is -2.22. The minimum absolute atomic E-state index is 0.224. The Labute approximate surface area is 58.2 Å². The molecule has 0 rings (SSSR count). The maximum absolute atomic E-state index is 8.48. The highest BCUT2D eigenvalue weighted by atomic mass is 33.1. The van der Waals surface area contributed by atoms with Gasteiger partial charge < -0.3 is 0 Å². The van der Waals surface area contributed by atoms with Crippen LogP contribution in [0.15, 0.2) is 0 Å². The smallest absolute Gasteiger partial charge is 0.0870 e. The normalized spacial score (nSPS) is 17.1. The van der Waals surface area contributed by atoms with E-state index in [9.17, 15) is 0 Å². The van der Waals surface area contributed by atoms with Gasteiger partial charge in [0.25, 0.3) is 0 Å². The molecule has 0 bridgehead atoms. The summed E-state index contributed by atoms with van der Waals surface area (Å²) in [6.45, 7) is 3.82. The van der Waals surface area contributed by atoms with Gasteiger partial charge in [-0.1, -0.05) is 0 Å². The Morgan fingerprint density at radius 1 is 1.62 bits per heavy atom. The third kappa shape index (κ3) is 1.97. The Hall–Kier alpha value is 0.190. The third-order valence-electron chi connectivity index (χ3n) is 1.08. The van der Waals surface area contributed by atoms with E-state index in [2.05, 4.69) is 17.7 Å². The lowest BCUT2D eigenvalue weighted by atomic mass is 10.2. The fourth-order valence-corrected chi connectivity index (χ4v) is 0.351. The van der Waals surface area contributed by atoms with Crippen molar-refractivity contribution in [2.24, 2.45) is 0 Å². The lowest BCUT2D eigenvalue weighted by molar-refractivity contribution is 0.915. The van der Waals surface area contributed by atoms with E-state index in [1.807, 2.05) is 20.1 Å². The molecule has 0 N–H and O–H groups in total. The summed E-state index contributed by atoms with van der Waals surface area (Å²) in [6.07, 6.45) is 1.99. The van der Waals surface area contributed by atoms with Gasteiger partial charge in [-0.25, -0.2) is 0 Å². The van der Waals surface area contributed by atoms with Crippen LogP contribution in [0.5, 0.6) is 0 Å². The van der Waals surface area contributed by atoms with Gasteiger partial charge in [0, 0.05) is 0 Å². The van der Waals surface area contributed by atoms with Gasteiger partial charge in [-0.2, -0.15) is 15.2 Å². The molecule has 0 saturated carbocycles. The summed E-state index contributed by atoms with van der Waals surface area (Å²) >= 11 is 4.20. The molecule has 0 aromatic carbocycles. The Morgan fingerprint density at radius 3 is 2.00 bits per heavy atom. The maximum atomic E-state index is 8.48. The summed E-state index contributed by atoms with van der Waals surface area (Å²) in [4.78, 5) is 0. The van der Waals surface area contributed by atoms with Crippen molar-refractivity contribution in [2.75, 3.05) is 6.26 Å². The van der Waals surface area contributed by atoms with Crippen LogP contribution in [0.1, 0.15) is 13.8 Å². The standard InChI is InChI=1S/C5H11NS2/c1-5(2,4-6)8(3)7/h7-8H,1-3H3. The second kappa shape index (κ2) is 2.65. The van der Waals surface area contributed by atoms with Crippen LogP contribution >= 0.6 is 21.6 Å². The second-order valence-corrected chi connectivity index (χ2v) is 6.16. The molecule has 0 aliphatic heterocycles. The molecule has 3 heteroatoms. The molecule has 0 aromatic rings. The molecule has 8 heavy (non-hydrogen) atoms. The fourth-order valence-electron chi connectivity index (χ4n) is 0.0724. The van der Waals surface area contributed by atoms with E-state index in [1.165, 1.54) is 0 Å². The Bertz CT molecular complexity index is 112. The highest BCUT2D eigenvalue weighted by Gasteiger charge is 2.18. The molecule has 0 radical (unpaired) electrons. The third-order valence-corrected chi connectivity index (χ3v) is 4.30. The van der Waals surface area contributed by atoms with Gasteiger partial charge in [-0.3, -0.25) is 0 Å². The first-order valence-corrected chi connectivity index (χ1v) is 5.29. The topological polar surface area (TPSA) is 23.8 Å². The number of nitriles is 1. The Balaban J connectivity index is 3.97. The van der Waals surface area contributed by atoms with Crippen LogP contribution in [0.4, 0.5) is 0 Å². The van der Waals surface area contributed by atoms with Crippen molar-refractivity contribution in [2.45, 2.75) is 18.6 Å². The molecule has 0 aromatic heterocycles.